The third-order valence-electron chi connectivity index (χ3n) is 13.4. The number of hydrogen-bond acceptors (Lipinski definition) is 2. The van der Waals surface area contributed by atoms with Crippen molar-refractivity contribution in [2.75, 3.05) is 4.90 Å². The van der Waals surface area contributed by atoms with E-state index in [4.69, 9.17) is 4.42 Å². The SMILES string of the molecule is c1ccc(-c2cccc(-c3ccccc3N(c3cccc(-c4ccc5c6ccccc6c6ccccc6c5c4)c3)c3ccc(-c4cccc5ccccc45)c4oc5ccccc5c34)c2)cc1. The summed E-state index contributed by atoms with van der Waals surface area (Å²) < 4.78 is 7.00. The molecule has 0 unspecified atom stereocenters. The number of benzene rings is 12. The van der Waals surface area contributed by atoms with Gasteiger partial charge in [-0.15, -0.1) is 0 Å². The van der Waals surface area contributed by atoms with Crippen molar-refractivity contribution < 1.29 is 4.42 Å². The fraction of sp³-hybridized carbons (Fsp3) is 0. The van der Waals surface area contributed by atoms with Crippen LogP contribution in [0.1, 0.15) is 0 Å². The van der Waals surface area contributed by atoms with Gasteiger partial charge in [0.2, 0.25) is 0 Å². The summed E-state index contributed by atoms with van der Waals surface area (Å²) in [5.74, 6) is 0. The molecule has 0 radical (unpaired) electrons. The van der Waals surface area contributed by atoms with Crippen LogP contribution in [0, 0.1) is 0 Å². The second-order valence-corrected chi connectivity index (χ2v) is 17.2. The monoisotopic (exact) mass is 839 g/mol. The molecule has 0 fully saturated rings. The van der Waals surface area contributed by atoms with Crippen molar-refractivity contribution in [1.29, 1.82) is 0 Å². The minimum atomic E-state index is 0.856. The first-order valence-corrected chi connectivity index (χ1v) is 22.7. The Morgan fingerprint density at radius 1 is 0.273 bits per heavy atom. The van der Waals surface area contributed by atoms with Crippen molar-refractivity contribution in [1.82, 2.24) is 0 Å². The van der Waals surface area contributed by atoms with Crippen LogP contribution in [0.25, 0.3) is 110 Å². The first-order valence-electron chi connectivity index (χ1n) is 22.7. The van der Waals surface area contributed by atoms with Crippen molar-refractivity contribution in [3.63, 3.8) is 0 Å². The molecule has 13 aromatic rings. The normalized spacial score (nSPS) is 11.6. The molecule has 2 heteroatoms. The van der Waals surface area contributed by atoms with Crippen LogP contribution in [0.5, 0.6) is 0 Å². The minimum Gasteiger partial charge on any atom is -0.455 e. The van der Waals surface area contributed by atoms with Gasteiger partial charge < -0.3 is 9.32 Å². The molecule has 0 saturated carbocycles. The molecule has 0 spiro atoms. The van der Waals surface area contributed by atoms with Crippen LogP contribution in [-0.4, -0.2) is 0 Å². The lowest BCUT2D eigenvalue weighted by molar-refractivity contribution is 0.670. The van der Waals surface area contributed by atoms with Crippen molar-refractivity contribution >= 4 is 82.1 Å². The standard InChI is InChI=1S/C64H41NO/c1-2-17-42(18-3-1)44-21-14-23-47(39-44)50-26-10-12-33-60(50)65(61-38-37-57(51-32-16-20-43-19-4-5-25-49(43)51)64-63(61)58-31-11-13-34-62(58)66-64)48-24-15-22-45(40-48)46-35-36-56-54-29-7-6-27-52(54)53-28-8-9-30-55(53)59(56)41-46/h1-41H. The van der Waals surface area contributed by atoms with Gasteiger partial charge in [-0.2, -0.15) is 0 Å². The van der Waals surface area contributed by atoms with E-state index >= 15 is 0 Å². The van der Waals surface area contributed by atoms with E-state index in [1.165, 1.54) is 59.8 Å². The zero-order valence-corrected chi connectivity index (χ0v) is 36.0. The molecule has 0 N–H and O–H groups in total. The number of para-hydroxylation sites is 2. The number of furan rings is 1. The van der Waals surface area contributed by atoms with Crippen molar-refractivity contribution in [3.05, 3.63) is 249 Å². The molecule has 0 amide bonds. The summed E-state index contributed by atoms with van der Waals surface area (Å²) in [4.78, 5) is 2.45. The Bertz CT molecular complexity index is 3970. The van der Waals surface area contributed by atoms with Gasteiger partial charge in [0.05, 0.1) is 16.8 Å². The van der Waals surface area contributed by atoms with Crippen molar-refractivity contribution in [3.8, 4) is 44.5 Å². The molecule has 308 valence electrons. The predicted octanol–water partition coefficient (Wildman–Crippen LogP) is 18.3. The maximum atomic E-state index is 7.00. The second-order valence-electron chi connectivity index (χ2n) is 17.2. The van der Waals surface area contributed by atoms with Crippen LogP contribution < -0.4 is 4.90 Å². The lowest BCUT2D eigenvalue weighted by Gasteiger charge is -2.29. The zero-order valence-electron chi connectivity index (χ0n) is 36.0. The van der Waals surface area contributed by atoms with Crippen LogP contribution in [0.15, 0.2) is 253 Å². The number of hydrogen-bond donors (Lipinski definition) is 0. The van der Waals surface area contributed by atoms with E-state index in [1.54, 1.807) is 0 Å². The lowest BCUT2D eigenvalue weighted by Crippen LogP contribution is -2.12. The van der Waals surface area contributed by atoms with Gasteiger partial charge in [-0.1, -0.05) is 200 Å². The molecule has 0 bridgehead atoms. The van der Waals surface area contributed by atoms with E-state index < -0.39 is 0 Å². The van der Waals surface area contributed by atoms with Gasteiger partial charge in [0.15, 0.2) is 0 Å². The topological polar surface area (TPSA) is 16.4 Å². The highest BCUT2D eigenvalue weighted by atomic mass is 16.3. The van der Waals surface area contributed by atoms with Crippen molar-refractivity contribution in [2.24, 2.45) is 0 Å². The highest BCUT2D eigenvalue weighted by molar-refractivity contribution is 6.26. The van der Waals surface area contributed by atoms with Gasteiger partial charge in [0.25, 0.3) is 0 Å². The number of rotatable bonds is 7. The fourth-order valence-electron chi connectivity index (χ4n) is 10.4. The number of fused-ring (bicyclic) bond motifs is 10. The molecule has 1 heterocycles. The summed E-state index contributed by atoms with van der Waals surface area (Å²) in [5.41, 5.74) is 14.0. The number of anilines is 3. The Kier molecular flexibility index (Phi) is 8.89. The predicted molar refractivity (Wildman–Crippen MR) is 280 cm³/mol. The number of nitrogens with zero attached hydrogens (tertiary/aromatic N) is 1. The Labute approximate surface area is 382 Å². The van der Waals surface area contributed by atoms with Crippen LogP contribution in [0.3, 0.4) is 0 Å². The summed E-state index contributed by atoms with van der Waals surface area (Å²) >= 11 is 0. The molecular formula is C64H41NO. The summed E-state index contributed by atoms with van der Waals surface area (Å²) in [7, 11) is 0. The van der Waals surface area contributed by atoms with Gasteiger partial charge in [-0.05, 0) is 125 Å². The maximum Gasteiger partial charge on any atom is 0.145 e. The van der Waals surface area contributed by atoms with E-state index in [9.17, 15) is 0 Å². The van der Waals surface area contributed by atoms with Crippen molar-refractivity contribution in [2.45, 2.75) is 0 Å². The highest BCUT2D eigenvalue weighted by Gasteiger charge is 2.25. The molecule has 13 rings (SSSR count). The maximum absolute atomic E-state index is 7.00. The Morgan fingerprint density at radius 3 is 1.62 bits per heavy atom. The van der Waals surface area contributed by atoms with E-state index in [1.807, 2.05) is 0 Å². The van der Waals surface area contributed by atoms with Gasteiger partial charge in [-0.25, -0.2) is 0 Å². The molecule has 12 aromatic carbocycles. The molecule has 2 nitrogen and oxygen atoms in total. The quantitative estimate of drug-likeness (QED) is 0.149. The Balaban J connectivity index is 1.06. The molecule has 0 aliphatic carbocycles. The molecule has 0 atom stereocenters. The average molecular weight is 840 g/mol. The smallest absolute Gasteiger partial charge is 0.145 e. The molecule has 66 heavy (non-hydrogen) atoms. The summed E-state index contributed by atoms with van der Waals surface area (Å²) in [5, 5.41) is 12.1. The van der Waals surface area contributed by atoms with E-state index in [0.717, 1.165) is 66.8 Å². The van der Waals surface area contributed by atoms with Gasteiger partial charge in [0, 0.05) is 22.2 Å². The Hall–Kier alpha value is -8.72. The summed E-state index contributed by atoms with van der Waals surface area (Å²) in [6.07, 6.45) is 0. The average Bonchev–Trinajstić information content (AvgIpc) is 3.79. The fourth-order valence-corrected chi connectivity index (χ4v) is 10.4. The molecule has 0 aliphatic rings. The van der Waals surface area contributed by atoms with Crippen LogP contribution in [0.4, 0.5) is 17.1 Å². The van der Waals surface area contributed by atoms with E-state index in [0.29, 0.717) is 0 Å². The molecular weight excluding hydrogens is 799 g/mol. The third kappa shape index (κ3) is 6.18. The molecule has 1 aromatic heterocycles. The van der Waals surface area contributed by atoms with Gasteiger partial charge in [0.1, 0.15) is 11.2 Å². The molecule has 0 aliphatic heterocycles. The second kappa shape index (κ2) is 15.5. The third-order valence-corrected chi connectivity index (χ3v) is 13.4. The first-order chi connectivity index (χ1) is 32.7. The molecule has 0 saturated heterocycles. The minimum absolute atomic E-state index is 0.856. The van der Waals surface area contributed by atoms with E-state index in [2.05, 4.69) is 254 Å². The van der Waals surface area contributed by atoms with Crippen LogP contribution in [-0.2, 0) is 0 Å². The van der Waals surface area contributed by atoms with Crippen LogP contribution >= 0.6 is 0 Å². The Morgan fingerprint density at radius 2 is 0.818 bits per heavy atom. The lowest BCUT2D eigenvalue weighted by atomic mass is 9.92. The largest absolute Gasteiger partial charge is 0.455 e. The highest BCUT2D eigenvalue weighted by Crippen LogP contribution is 2.49. The van der Waals surface area contributed by atoms with Gasteiger partial charge in [-0.3, -0.25) is 0 Å². The van der Waals surface area contributed by atoms with Crippen LogP contribution in [0.2, 0.25) is 0 Å². The van der Waals surface area contributed by atoms with E-state index in [-0.39, 0.29) is 0 Å². The van der Waals surface area contributed by atoms with Gasteiger partial charge >= 0.3 is 0 Å². The summed E-state index contributed by atoms with van der Waals surface area (Å²) in [6, 6.07) is 90.2. The summed E-state index contributed by atoms with van der Waals surface area (Å²) in [6.45, 7) is 0. The first kappa shape index (κ1) is 37.8. The zero-order chi connectivity index (χ0) is 43.6.